The Morgan fingerprint density at radius 2 is 1.94 bits per heavy atom. The summed E-state index contributed by atoms with van der Waals surface area (Å²) in [5.74, 6) is 0.411. The van der Waals surface area contributed by atoms with Crippen LogP contribution in [0.1, 0.15) is 39.0 Å². The van der Waals surface area contributed by atoms with E-state index in [1.807, 2.05) is 4.90 Å². The molecule has 1 aromatic rings. The van der Waals surface area contributed by atoms with E-state index in [0.717, 1.165) is 38.8 Å². The maximum absolute atomic E-state index is 13.1. The first-order valence-corrected chi connectivity index (χ1v) is 13.1. The molecule has 1 amide bonds. The first kappa shape index (κ1) is 23.0. The number of carbonyl (C=O) groups excluding carboxylic acids is 1. The van der Waals surface area contributed by atoms with E-state index in [2.05, 4.69) is 27.1 Å². The van der Waals surface area contributed by atoms with Crippen molar-refractivity contribution in [3.05, 3.63) is 0 Å². The number of nitrogen functional groups attached to an aromatic ring is 1. The Morgan fingerprint density at radius 1 is 1.16 bits per heavy atom. The molecule has 1 atom stereocenters. The zero-order chi connectivity index (χ0) is 22.7. The number of hydrogen-bond donors (Lipinski definition) is 2. The Morgan fingerprint density at radius 3 is 2.69 bits per heavy atom. The lowest BCUT2D eigenvalue weighted by molar-refractivity contribution is -0.117. The summed E-state index contributed by atoms with van der Waals surface area (Å²) < 4.78 is 33.2. The molecular weight excluding hydrogens is 434 g/mol. The molecule has 1 unspecified atom stereocenters. The predicted octanol–water partition coefficient (Wildman–Crippen LogP) is 0.496. The van der Waals surface area contributed by atoms with E-state index in [9.17, 15) is 13.2 Å². The van der Waals surface area contributed by atoms with Crippen molar-refractivity contribution in [2.45, 2.75) is 45.1 Å². The molecule has 4 heterocycles. The van der Waals surface area contributed by atoms with Gasteiger partial charge in [0, 0.05) is 26.2 Å². The lowest BCUT2D eigenvalue weighted by Gasteiger charge is -2.36. The average molecular weight is 468 g/mol. The van der Waals surface area contributed by atoms with E-state index in [-0.39, 0.29) is 30.0 Å². The summed E-state index contributed by atoms with van der Waals surface area (Å²) in [6.07, 6.45) is 4.67. The van der Waals surface area contributed by atoms with Crippen molar-refractivity contribution in [2.75, 3.05) is 67.6 Å². The van der Waals surface area contributed by atoms with Gasteiger partial charge in [-0.3, -0.25) is 4.79 Å². The molecule has 0 spiro atoms. The number of anilines is 3. The van der Waals surface area contributed by atoms with Crippen LogP contribution in [-0.2, 0) is 14.8 Å². The number of nitrogens with one attached hydrogen (secondary N) is 1. The lowest BCUT2D eigenvalue weighted by Crippen LogP contribution is -2.53. The van der Waals surface area contributed by atoms with Crippen LogP contribution in [0.2, 0.25) is 0 Å². The highest BCUT2D eigenvalue weighted by Crippen LogP contribution is 2.36. The van der Waals surface area contributed by atoms with Gasteiger partial charge in [-0.1, -0.05) is 13.3 Å². The Hall–Kier alpha value is -2.18. The van der Waals surface area contributed by atoms with Gasteiger partial charge < -0.3 is 25.6 Å². The van der Waals surface area contributed by atoms with Crippen LogP contribution >= 0.6 is 0 Å². The molecule has 178 valence electrons. The van der Waals surface area contributed by atoms with E-state index in [1.165, 1.54) is 4.31 Å². The van der Waals surface area contributed by atoms with Gasteiger partial charge in [-0.15, -0.1) is 0 Å². The van der Waals surface area contributed by atoms with Gasteiger partial charge in [-0.2, -0.15) is 14.3 Å². The van der Waals surface area contributed by atoms with Crippen LogP contribution in [0.25, 0.3) is 0 Å². The number of fused-ring (bicyclic) bond motifs is 3. The van der Waals surface area contributed by atoms with Gasteiger partial charge >= 0.3 is 6.01 Å². The Kier molecular flexibility index (Phi) is 7.01. The van der Waals surface area contributed by atoms with Gasteiger partial charge in [0.25, 0.3) is 0 Å². The van der Waals surface area contributed by atoms with Crippen molar-refractivity contribution >= 4 is 33.3 Å². The van der Waals surface area contributed by atoms with Crippen LogP contribution < -0.4 is 20.7 Å². The van der Waals surface area contributed by atoms with Crippen LogP contribution in [0.5, 0.6) is 6.01 Å². The fourth-order valence-corrected chi connectivity index (χ4v) is 5.94. The number of likely N-dealkylation sites (tertiary alicyclic amines) is 1. The molecule has 12 heteroatoms. The van der Waals surface area contributed by atoms with Crippen molar-refractivity contribution in [3.63, 3.8) is 0 Å². The third-order valence-electron chi connectivity index (χ3n) is 6.27. The second-order valence-corrected chi connectivity index (χ2v) is 10.7. The van der Waals surface area contributed by atoms with Gasteiger partial charge in [0.15, 0.2) is 11.6 Å². The third-order valence-corrected chi connectivity index (χ3v) is 8.08. The number of amides is 1. The molecule has 0 aromatic carbocycles. The standard InChI is InChI=1S/C20H33N7O4S/c1-2-3-12-31-20-23-17(21)16-18(24-20)27-10-6-9-26(14-15(27)19(28)22-16)32(29,30)13-11-25-7-4-5-8-25/h15H,2-14H2,1H3,(H,22,28)(H2,21,23,24). The Bertz CT molecular complexity index is 936. The molecule has 0 aliphatic carbocycles. The van der Waals surface area contributed by atoms with E-state index in [0.29, 0.717) is 44.2 Å². The van der Waals surface area contributed by atoms with E-state index < -0.39 is 16.1 Å². The first-order valence-electron chi connectivity index (χ1n) is 11.5. The summed E-state index contributed by atoms with van der Waals surface area (Å²) >= 11 is 0. The highest BCUT2D eigenvalue weighted by atomic mass is 32.2. The van der Waals surface area contributed by atoms with Crippen LogP contribution in [-0.4, -0.2) is 91.2 Å². The molecule has 0 bridgehead atoms. The fourth-order valence-electron chi connectivity index (χ4n) is 4.42. The summed E-state index contributed by atoms with van der Waals surface area (Å²) in [5.41, 5.74) is 6.44. The summed E-state index contributed by atoms with van der Waals surface area (Å²) in [4.78, 5) is 25.6. The third kappa shape index (κ3) is 4.91. The summed E-state index contributed by atoms with van der Waals surface area (Å²) in [6.45, 7) is 5.94. The molecule has 32 heavy (non-hydrogen) atoms. The molecule has 2 fully saturated rings. The van der Waals surface area contributed by atoms with Crippen LogP contribution in [0.3, 0.4) is 0 Å². The number of nitrogens with two attached hydrogens (primary N) is 1. The smallest absolute Gasteiger partial charge is 0.320 e. The highest BCUT2D eigenvalue weighted by Gasteiger charge is 2.41. The molecule has 11 nitrogen and oxygen atoms in total. The number of ether oxygens (including phenoxy) is 1. The van der Waals surface area contributed by atoms with E-state index >= 15 is 0 Å². The minimum absolute atomic E-state index is 0.0719. The van der Waals surface area contributed by atoms with Gasteiger partial charge in [0.2, 0.25) is 15.9 Å². The van der Waals surface area contributed by atoms with E-state index in [4.69, 9.17) is 10.5 Å². The zero-order valence-corrected chi connectivity index (χ0v) is 19.4. The molecule has 3 N–H and O–H groups in total. The minimum Gasteiger partial charge on any atom is -0.463 e. The molecule has 0 radical (unpaired) electrons. The van der Waals surface area contributed by atoms with E-state index in [1.54, 1.807) is 0 Å². The second kappa shape index (κ2) is 9.75. The monoisotopic (exact) mass is 467 g/mol. The van der Waals surface area contributed by atoms with Gasteiger partial charge in [0.1, 0.15) is 11.7 Å². The number of sulfonamides is 1. The number of unbranched alkanes of at least 4 members (excludes halogenated alkanes) is 1. The predicted molar refractivity (Wildman–Crippen MR) is 122 cm³/mol. The topological polar surface area (TPSA) is 134 Å². The summed E-state index contributed by atoms with van der Waals surface area (Å²) in [5, 5.41) is 2.78. The van der Waals surface area contributed by atoms with Gasteiger partial charge in [0.05, 0.1) is 12.4 Å². The highest BCUT2D eigenvalue weighted by molar-refractivity contribution is 7.89. The SMILES string of the molecule is CCCCOc1nc(N)c2c(n1)N1CCCN(S(=O)(=O)CCN3CCCC3)CC1C(=O)N2. The average Bonchev–Trinajstić information content (AvgIpc) is 3.17. The molecule has 0 saturated carbocycles. The molecule has 3 aliphatic rings. The van der Waals surface area contributed by atoms with Crippen molar-refractivity contribution in [1.82, 2.24) is 19.2 Å². The fraction of sp³-hybridized carbons (Fsp3) is 0.750. The number of hydrogen-bond acceptors (Lipinski definition) is 9. The van der Waals surface area contributed by atoms with Crippen LogP contribution in [0.4, 0.5) is 17.3 Å². The summed E-state index contributed by atoms with van der Waals surface area (Å²) in [7, 11) is -3.47. The van der Waals surface area contributed by atoms with Crippen molar-refractivity contribution in [2.24, 2.45) is 0 Å². The quantitative estimate of drug-likeness (QED) is 0.524. The molecule has 3 aliphatic heterocycles. The second-order valence-electron chi connectivity index (χ2n) is 8.57. The maximum Gasteiger partial charge on any atom is 0.320 e. The normalized spacial score (nSPS) is 22.2. The Balaban J connectivity index is 1.52. The van der Waals surface area contributed by atoms with Crippen LogP contribution in [0.15, 0.2) is 0 Å². The molecule has 2 saturated heterocycles. The summed E-state index contributed by atoms with van der Waals surface area (Å²) in [6, 6.07) is -0.506. The number of carbonyl (C=O) groups is 1. The largest absolute Gasteiger partial charge is 0.463 e. The first-order chi connectivity index (χ1) is 15.4. The molecular formula is C20H33N7O4S. The minimum atomic E-state index is -3.47. The van der Waals surface area contributed by atoms with Crippen LogP contribution in [0, 0.1) is 0 Å². The maximum atomic E-state index is 13.1. The number of nitrogens with zero attached hydrogens (tertiary/aromatic N) is 5. The van der Waals surface area contributed by atoms with Crippen molar-refractivity contribution in [3.8, 4) is 6.01 Å². The lowest BCUT2D eigenvalue weighted by atomic mass is 10.1. The number of rotatable bonds is 8. The van der Waals surface area contributed by atoms with Gasteiger partial charge in [-0.05, 0) is 38.8 Å². The zero-order valence-electron chi connectivity index (χ0n) is 18.6. The van der Waals surface area contributed by atoms with Crippen molar-refractivity contribution < 1.29 is 17.9 Å². The number of aromatic nitrogens is 2. The molecule has 4 rings (SSSR count). The molecule has 1 aromatic heterocycles. The Labute approximate surface area is 189 Å². The van der Waals surface area contributed by atoms with Gasteiger partial charge in [-0.25, -0.2) is 8.42 Å². The van der Waals surface area contributed by atoms with Crippen molar-refractivity contribution in [1.29, 1.82) is 0 Å².